The summed E-state index contributed by atoms with van der Waals surface area (Å²) in [5.41, 5.74) is 0.348. The lowest BCUT2D eigenvalue weighted by Crippen LogP contribution is -2.61. The molecular weight excluding hydrogens is 244 g/mol. The summed E-state index contributed by atoms with van der Waals surface area (Å²) in [6.45, 7) is 9.94. The molecule has 1 heterocycles. The van der Waals surface area contributed by atoms with Gasteiger partial charge in [0.25, 0.3) is 0 Å². The number of hydrogen-bond donors (Lipinski definition) is 1. The van der Waals surface area contributed by atoms with E-state index in [4.69, 9.17) is 0 Å². The van der Waals surface area contributed by atoms with Gasteiger partial charge < -0.3 is 5.32 Å². The molecule has 0 aromatic rings. The van der Waals surface area contributed by atoms with E-state index in [1.807, 2.05) is 0 Å². The van der Waals surface area contributed by atoms with Crippen LogP contribution in [0.5, 0.6) is 0 Å². The molecule has 1 saturated carbocycles. The van der Waals surface area contributed by atoms with Crippen molar-refractivity contribution < 1.29 is 0 Å². The van der Waals surface area contributed by atoms with Crippen LogP contribution in [0.15, 0.2) is 0 Å². The fourth-order valence-corrected chi connectivity index (χ4v) is 5.04. The highest BCUT2D eigenvalue weighted by molar-refractivity contribution is 5.02. The summed E-state index contributed by atoms with van der Waals surface area (Å²) >= 11 is 0. The predicted octanol–water partition coefficient (Wildman–Crippen LogP) is 4.06. The molecule has 2 aliphatic rings. The van der Waals surface area contributed by atoms with Crippen LogP contribution in [-0.2, 0) is 0 Å². The third-order valence-corrected chi connectivity index (χ3v) is 6.45. The molecule has 2 fully saturated rings. The first-order valence-corrected chi connectivity index (χ1v) is 9.09. The van der Waals surface area contributed by atoms with Crippen molar-refractivity contribution in [3.8, 4) is 0 Å². The van der Waals surface area contributed by atoms with Crippen LogP contribution in [0.25, 0.3) is 0 Å². The minimum Gasteiger partial charge on any atom is -0.315 e. The van der Waals surface area contributed by atoms with E-state index in [1.165, 1.54) is 64.5 Å². The van der Waals surface area contributed by atoms with Gasteiger partial charge in [0.05, 0.1) is 0 Å². The maximum Gasteiger partial charge on any atom is 0.0334 e. The molecule has 0 bridgehead atoms. The van der Waals surface area contributed by atoms with Crippen molar-refractivity contribution in [1.29, 1.82) is 0 Å². The van der Waals surface area contributed by atoms with Gasteiger partial charge in [0.1, 0.15) is 0 Å². The van der Waals surface area contributed by atoms with Crippen LogP contribution in [0.2, 0.25) is 0 Å². The lowest BCUT2D eigenvalue weighted by atomic mass is 9.68. The van der Waals surface area contributed by atoms with Crippen molar-refractivity contribution in [2.75, 3.05) is 20.1 Å². The monoisotopic (exact) mass is 280 g/mol. The van der Waals surface area contributed by atoms with Gasteiger partial charge in [0.2, 0.25) is 0 Å². The number of likely N-dealkylation sites (N-methyl/N-ethyl adjacent to an activating group) is 1. The van der Waals surface area contributed by atoms with Gasteiger partial charge in [0.15, 0.2) is 0 Å². The zero-order chi connectivity index (χ0) is 14.6. The number of nitrogens with one attached hydrogen (secondary N) is 1. The summed E-state index contributed by atoms with van der Waals surface area (Å²) in [7, 11) is 2.20. The molecule has 4 atom stereocenters. The lowest BCUT2D eigenvalue weighted by Gasteiger charge is -2.50. The predicted molar refractivity (Wildman–Crippen MR) is 88.1 cm³/mol. The topological polar surface area (TPSA) is 15.3 Å². The summed E-state index contributed by atoms with van der Waals surface area (Å²) in [6.07, 6.45) is 11.2. The number of hydrogen-bond acceptors (Lipinski definition) is 2. The molecule has 1 aliphatic carbocycles. The quantitative estimate of drug-likeness (QED) is 0.789. The van der Waals surface area contributed by atoms with Crippen LogP contribution in [-0.4, -0.2) is 36.6 Å². The standard InChI is InChI=1S/C18H36N2/c1-5-15-11-7-8-12-16(15)17(19-4)18(3,6-2)20-13-9-10-14-20/h15-17,19H,5-14H2,1-4H3. The SMILES string of the molecule is CCC1CCCCC1C(NC)C(C)(CC)N1CCCC1. The summed E-state index contributed by atoms with van der Waals surface area (Å²) in [6, 6.07) is 0.663. The van der Waals surface area contributed by atoms with Gasteiger partial charge >= 0.3 is 0 Å². The van der Waals surface area contributed by atoms with Crippen molar-refractivity contribution in [2.24, 2.45) is 11.8 Å². The first-order valence-electron chi connectivity index (χ1n) is 9.09. The van der Waals surface area contributed by atoms with Gasteiger partial charge in [-0.25, -0.2) is 0 Å². The van der Waals surface area contributed by atoms with Crippen LogP contribution in [0.3, 0.4) is 0 Å². The lowest BCUT2D eigenvalue weighted by molar-refractivity contribution is 0.0304. The fourth-order valence-electron chi connectivity index (χ4n) is 5.04. The van der Waals surface area contributed by atoms with Crippen LogP contribution in [0.1, 0.15) is 72.1 Å². The van der Waals surface area contributed by atoms with Gasteiger partial charge in [-0.2, -0.15) is 0 Å². The molecule has 0 aromatic heterocycles. The van der Waals surface area contributed by atoms with Crippen LogP contribution in [0.4, 0.5) is 0 Å². The second-order valence-electron chi connectivity index (χ2n) is 7.29. The molecule has 0 amide bonds. The van der Waals surface area contributed by atoms with E-state index >= 15 is 0 Å². The fraction of sp³-hybridized carbons (Fsp3) is 1.00. The van der Waals surface area contributed by atoms with E-state index in [0.29, 0.717) is 11.6 Å². The van der Waals surface area contributed by atoms with Crippen LogP contribution >= 0.6 is 0 Å². The summed E-state index contributed by atoms with van der Waals surface area (Å²) in [4.78, 5) is 2.79. The van der Waals surface area contributed by atoms with Gasteiger partial charge in [-0.15, -0.1) is 0 Å². The zero-order valence-corrected chi connectivity index (χ0v) is 14.3. The molecule has 1 N–H and O–H groups in total. The van der Waals surface area contributed by atoms with E-state index in [-0.39, 0.29) is 0 Å². The van der Waals surface area contributed by atoms with Gasteiger partial charge in [0, 0.05) is 11.6 Å². The van der Waals surface area contributed by atoms with Gasteiger partial charge in [-0.3, -0.25) is 4.90 Å². The summed E-state index contributed by atoms with van der Waals surface area (Å²) in [5.74, 6) is 1.82. The maximum absolute atomic E-state index is 3.76. The average molecular weight is 280 g/mol. The molecule has 0 aromatic carbocycles. The Morgan fingerprint density at radius 2 is 1.75 bits per heavy atom. The minimum atomic E-state index is 0.348. The molecule has 2 nitrogen and oxygen atoms in total. The number of likely N-dealkylation sites (tertiary alicyclic amines) is 1. The first kappa shape index (κ1) is 16.3. The second-order valence-corrected chi connectivity index (χ2v) is 7.29. The third-order valence-electron chi connectivity index (χ3n) is 6.45. The molecule has 1 saturated heterocycles. The maximum atomic E-state index is 3.76. The molecule has 2 rings (SSSR count). The molecular formula is C18H36N2. The molecule has 118 valence electrons. The van der Waals surface area contributed by atoms with E-state index in [2.05, 4.69) is 38.0 Å². The molecule has 0 spiro atoms. The number of nitrogens with zero attached hydrogens (tertiary/aromatic N) is 1. The van der Waals surface area contributed by atoms with Gasteiger partial charge in [-0.1, -0.05) is 39.5 Å². The Labute approximate surface area is 126 Å². The molecule has 20 heavy (non-hydrogen) atoms. The first-order chi connectivity index (χ1) is 9.67. The van der Waals surface area contributed by atoms with Gasteiger partial charge in [-0.05, 0) is 64.6 Å². The van der Waals surface area contributed by atoms with Crippen molar-refractivity contribution in [3.05, 3.63) is 0 Å². The largest absolute Gasteiger partial charge is 0.315 e. The Hall–Kier alpha value is -0.0800. The van der Waals surface area contributed by atoms with Crippen molar-refractivity contribution >= 4 is 0 Å². The highest BCUT2D eigenvalue weighted by atomic mass is 15.2. The Bertz CT molecular complexity index is 285. The van der Waals surface area contributed by atoms with Crippen molar-refractivity contribution in [1.82, 2.24) is 10.2 Å². The van der Waals surface area contributed by atoms with E-state index in [0.717, 1.165) is 11.8 Å². The Morgan fingerprint density at radius 1 is 1.10 bits per heavy atom. The summed E-state index contributed by atoms with van der Waals surface area (Å²) < 4.78 is 0. The minimum absolute atomic E-state index is 0.348. The Kier molecular flexibility index (Phi) is 5.92. The normalized spacial score (nSPS) is 33.0. The van der Waals surface area contributed by atoms with Crippen LogP contribution < -0.4 is 5.32 Å². The smallest absolute Gasteiger partial charge is 0.0334 e. The zero-order valence-electron chi connectivity index (χ0n) is 14.3. The number of rotatable bonds is 6. The highest BCUT2D eigenvalue weighted by Crippen LogP contribution is 2.41. The van der Waals surface area contributed by atoms with Crippen molar-refractivity contribution in [2.45, 2.75) is 83.7 Å². The van der Waals surface area contributed by atoms with E-state index in [9.17, 15) is 0 Å². The van der Waals surface area contributed by atoms with Crippen molar-refractivity contribution in [3.63, 3.8) is 0 Å². The van der Waals surface area contributed by atoms with Crippen LogP contribution in [0, 0.1) is 11.8 Å². The molecule has 4 unspecified atom stereocenters. The third kappa shape index (κ3) is 3.06. The Balaban J connectivity index is 2.18. The Morgan fingerprint density at radius 3 is 2.30 bits per heavy atom. The highest BCUT2D eigenvalue weighted by Gasteiger charge is 2.44. The molecule has 2 heteroatoms. The second kappa shape index (κ2) is 7.26. The summed E-state index contributed by atoms with van der Waals surface area (Å²) in [5, 5.41) is 3.76. The molecule has 0 radical (unpaired) electrons. The van der Waals surface area contributed by atoms with E-state index < -0.39 is 0 Å². The average Bonchev–Trinajstić information content (AvgIpc) is 3.03. The van der Waals surface area contributed by atoms with E-state index in [1.54, 1.807) is 0 Å². The molecule has 1 aliphatic heterocycles.